The lowest BCUT2D eigenvalue weighted by molar-refractivity contribution is 0.477. The van der Waals surface area contributed by atoms with E-state index in [-0.39, 0.29) is 11.2 Å². The van der Waals surface area contributed by atoms with Gasteiger partial charge in [0.05, 0.1) is 22.3 Å². The molecule has 8 aromatic rings. The summed E-state index contributed by atoms with van der Waals surface area (Å²) in [6, 6.07) is 40.9. The molecule has 4 heterocycles. The number of rotatable bonds is 6. The highest BCUT2D eigenvalue weighted by Crippen LogP contribution is 2.41. The molecule has 0 saturated heterocycles. The van der Waals surface area contributed by atoms with Crippen LogP contribution in [0.1, 0.15) is 26.3 Å². The standard InChI is InChI=1S/C44H35N5O/c1-44(2,3)35-23-33(22-34(24-35)39-15-6-7-20-47-39)37-14-8-16-40-42(37)48-43(38-13-4-5-17-41(38)50)49(40)36-25-31(29-11-9-18-45-27-29)21-32(26-36)30-12-10-19-46-28-30/h4-28,50H,1-3H3. The molecule has 0 bridgehead atoms. The average Bonchev–Trinajstić information content (AvgIpc) is 3.55. The van der Waals surface area contributed by atoms with Crippen LogP contribution in [0.15, 0.2) is 152 Å². The first kappa shape index (κ1) is 30.9. The van der Waals surface area contributed by atoms with Crippen LogP contribution < -0.4 is 0 Å². The highest BCUT2D eigenvalue weighted by Gasteiger charge is 2.22. The lowest BCUT2D eigenvalue weighted by Crippen LogP contribution is -2.11. The van der Waals surface area contributed by atoms with Crippen LogP contribution in [0, 0.1) is 0 Å². The van der Waals surface area contributed by atoms with Gasteiger partial charge < -0.3 is 5.11 Å². The Balaban J connectivity index is 1.43. The summed E-state index contributed by atoms with van der Waals surface area (Å²) >= 11 is 0. The number of hydrogen-bond donors (Lipinski definition) is 1. The van der Waals surface area contributed by atoms with Gasteiger partial charge in [-0.3, -0.25) is 19.5 Å². The summed E-state index contributed by atoms with van der Waals surface area (Å²) in [4.78, 5) is 18.9. The number of aromatic nitrogens is 5. The Morgan fingerprint density at radius 3 is 1.86 bits per heavy atom. The van der Waals surface area contributed by atoms with Crippen LogP contribution in [0.4, 0.5) is 0 Å². The molecular weight excluding hydrogens is 615 g/mol. The SMILES string of the molecule is CC(C)(C)c1cc(-c2ccccn2)cc(-c2cccc3c2nc(-c2ccccc2O)n3-c2cc(-c3cccnc3)cc(-c3cccnc3)c2)c1. The van der Waals surface area contributed by atoms with Crippen molar-refractivity contribution in [1.29, 1.82) is 0 Å². The second-order valence-electron chi connectivity index (χ2n) is 13.5. The van der Waals surface area contributed by atoms with Crippen molar-refractivity contribution >= 4 is 11.0 Å². The lowest BCUT2D eigenvalue weighted by Gasteiger charge is -2.21. The van der Waals surface area contributed by atoms with Crippen molar-refractivity contribution in [1.82, 2.24) is 24.5 Å². The van der Waals surface area contributed by atoms with Gasteiger partial charge >= 0.3 is 0 Å². The summed E-state index contributed by atoms with van der Waals surface area (Å²) < 4.78 is 2.15. The molecule has 0 amide bonds. The Labute approximate surface area is 291 Å². The molecule has 50 heavy (non-hydrogen) atoms. The fraction of sp³-hybridized carbons (Fsp3) is 0.0909. The number of hydrogen-bond acceptors (Lipinski definition) is 5. The number of phenolic OH excluding ortho intramolecular Hbond substituents is 1. The van der Waals surface area contributed by atoms with Crippen LogP contribution in [-0.4, -0.2) is 29.6 Å². The first-order chi connectivity index (χ1) is 24.3. The monoisotopic (exact) mass is 649 g/mol. The molecule has 242 valence electrons. The topological polar surface area (TPSA) is 76.7 Å². The zero-order chi connectivity index (χ0) is 34.2. The lowest BCUT2D eigenvalue weighted by atomic mass is 9.83. The fourth-order valence-electron chi connectivity index (χ4n) is 6.48. The molecule has 0 radical (unpaired) electrons. The van der Waals surface area contributed by atoms with Crippen molar-refractivity contribution in [3.63, 3.8) is 0 Å². The summed E-state index contributed by atoms with van der Waals surface area (Å²) in [6.07, 6.45) is 9.15. The molecule has 0 fully saturated rings. The van der Waals surface area contributed by atoms with E-state index in [1.165, 1.54) is 5.56 Å². The minimum absolute atomic E-state index is 0.0940. The summed E-state index contributed by atoms with van der Waals surface area (Å²) in [7, 11) is 0. The minimum Gasteiger partial charge on any atom is -0.507 e. The molecule has 0 spiro atoms. The van der Waals surface area contributed by atoms with Crippen molar-refractivity contribution < 1.29 is 5.11 Å². The number of aromatic hydroxyl groups is 1. The molecule has 0 saturated carbocycles. The highest BCUT2D eigenvalue weighted by atomic mass is 16.3. The minimum atomic E-state index is -0.0940. The van der Waals surface area contributed by atoms with Gasteiger partial charge in [0, 0.05) is 58.9 Å². The van der Waals surface area contributed by atoms with E-state index in [1.807, 2.05) is 67.1 Å². The van der Waals surface area contributed by atoms with Crippen molar-refractivity contribution in [2.75, 3.05) is 0 Å². The molecule has 0 aliphatic heterocycles. The summed E-state index contributed by atoms with van der Waals surface area (Å²) in [5, 5.41) is 11.2. The number of imidazole rings is 1. The van der Waals surface area contributed by atoms with Gasteiger partial charge in [-0.25, -0.2) is 4.98 Å². The Hall–Kier alpha value is -6.40. The molecule has 0 aliphatic rings. The van der Waals surface area contributed by atoms with E-state index in [1.54, 1.807) is 18.5 Å². The van der Waals surface area contributed by atoms with E-state index >= 15 is 0 Å². The molecule has 0 aliphatic carbocycles. The molecule has 4 aromatic heterocycles. The predicted octanol–water partition coefficient (Wildman–Crippen LogP) is 10.5. The van der Waals surface area contributed by atoms with Crippen LogP contribution in [0.25, 0.3) is 72.7 Å². The number of phenols is 1. The number of benzene rings is 4. The second kappa shape index (κ2) is 12.6. The van der Waals surface area contributed by atoms with E-state index in [0.717, 1.165) is 61.4 Å². The van der Waals surface area contributed by atoms with E-state index in [2.05, 4.69) is 107 Å². The third kappa shape index (κ3) is 5.81. The normalized spacial score (nSPS) is 11.6. The summed E-state index contributed by atoms with van der Waals surface area (Å²) in [5.41, 5.74) is 12.4. The second-order valence-corrected chi connectivity index (χ2v) is 13.5. The first-order valence-electron chi connectivity index (χ1n) is 16.7. The molecule has 6 heteroatoms. The van der Waals surface area contributed by atoms with E-state index in [0.29, 0.717) is 11.4 Å². The smallest absolute Gasteiger partial charge is 0.149 e. The molecule has 0 atom stereocenters. The fourth-order valence-corrected chi connectivity index (χ4v) is 6.48. The van der Waals surface area contributed by atoms with Gasteiger partial charge in [-0.1, -0.05) is 69.3 Å². The van der Waals surface area contributed by atoms with Gasteiger partial charge in [0.2, 0.25) is 0 Å². The molecule has 4 aromatic carbocycles. The Bertz CT molecular complexity index is 2410. The van der Waals surface area contributed by atoms with Crippen molar-refractivity contribution in [2.24, 2.45) is 0 Å². The first-order valence-corrected chi connectivity index (χ1v) is 16.7. The number of nitrogens with zero attached hydrogens (tertiary/aromatic N) is 5. The van der Waals surface area contributed by atoms with E-state index in [4.69, 9.17) is 4.98 Å². The highest BCUT2D eigenvalue weighted by molar-refractivity contribution is 5.97. The Morgan fingerprint density at radius 1 is 0.560 bits per heavy atom. The molecule has 0 unspecified atom stereocenters. The van der Waals surface area contributed by atoms with Gasteiger partial charge in [0.1, 0.15) is 11.6 Å². The number of para-hydroxylation sites is 2. The van der Waals surface area contributed by atoms with Crippen LogP contribution in [0.2, 0.25) is 0 Å². The maximum atomic E-state index is 11.2. The molecular formula is C44H35N5O. The maximum absolute atomic E-state index is 11.2. The van der Waals surface area contributed by atoms with Crippen molar-refractivity contribution in [3.05, 3.63) is 158 Å². The van der Waals surface area contributed by atoms with Gasteiger partial charge in [-0.15, -0.1) is 0 Å². The van der Waals surface area contributed by atoms with Gasteiger partial charge in [0.15, 0.2) is 0 Å². The summed E-state index contributed by atoms with van der Waals surface area (Å²) in [5.74, 6) is 0.802. The largest absolute Gasteiger partial charge is 0.507 e. The van der Waals surface area contributed by atoms with Gasteiger partial charge in [0.25, 0.3) is 0 Å². The van der Waals surface area contributed by atoms with Crippen LogP contribution >= 0.6 is 0 Å². The third-order valence-electron chi connectivity index (χ3n) is 9.07. The predicted molar refractivity (Wildman–Crippen MR) is 202 cm³/mol. The average molecular weight is 650 g/mol. The van der Waals surface area contributed by atoms with Crippen LogP contribution in [0.5, 0.6) is 5.75 Å². The van der Waals surface area contributed by atoms with Crippen molar-refractivity contribution in [3.8, 4) is 67.5 Å². The Kier molecular flexibility index (Phi) is 7.77. The van der Waals surface area contributed by atoms with E-state index in [9.17, 15) is 5.11 Å². The zero-order valence-corrected chi connectivity index (χ0v) is 28.1. The quantitative estimate of drug-likeness (QED) is 0.194. The van der Waals surface area contributed by atoms with Crippen molar-refractivity contribution in [2.45, 2.75) is 26.2 Å². The van der Waals surface area contributed by atoms with Gasteiger partial charge in [-0.05, 0) is 100 Å². The number of fused-ring (bicyclic) bond motifs is 1. The molecule has 6 nitrogen and oxygen atoms in total. The summed E-state index contributed by atoms with van der Waals surface area (Å²) in [6.45, 7) is 6.69. The van der Waals surface area contributed by atoms with Gasteiger partial charge in [-0.2, -0.15) is 0 Å². The van der Waals surface area contributed by atoms with Crippen LogP contribution in [0.3, 0.4) is 0 Å². The van der Waals surface area contributed by atoms with E-state index < -0.39 is 0 Å². The zero-order valence-electron chi connectivity index (χ0n) is 28.1. The molecule has 1 N–H and O–H groups in total. The molecule has 8 rings (SSSR count). The third-order valence-corrected chi connectivity index (χ3v) is 9.07. The van der Waals surface area contributed by atoms with Crippen LogP contribution in [-0.2, 0) is 5.41 Å². The number of pyridine rings is 3. The maximum Gasteiger partial charge on any atom is 0.149 e. The Morgan fingerprint density at radius 2 is 1.22 bits per heavy atom.